The van der Waals surface area contributed by atoms with E-state index in [2.05, 4.69) is 28.5 Å². The predicted molar refractivity (Wildman–Crippen MR) is 136 cm³/mol. The third-order valence-electron chi connectivity index (χ3n) is 7.04. The zero-order chi connectivity index (χ0) is 25.2. The number of rotatable bonds is 8. The Morgan fingerprint density at radius 3 is 2.51 bits per heavy atom. The van der Waals surface area contributed by atoms with Gasteiger partial charge in [0, 0.05) is 36.1 Å². The molecule has 35 heavy (non-hydrogen) atoms. The Labute approximate surface area is 206 Å². The number of para-hydroxylation sites is 1. The lowest BCUT2D eigenvalue weighted by atomic mass is 9.95. The van der Waals surface area contributed by atoms with Gasteiger partial charge in [0.1, 0.15) is 11.5 Å². The lowest BCUT2D eigenvalue weighted by molar-refractivity contribution is 0.0525. The molecule has 0 aliphatic carbocycles. The maximum Gasteiger partial charge on any atom is 0.338 e. The van der Waals surface area contributed by atoms with E-state index < -0.39 is 17.5 Å². The molecule has 1 aliphatic heterocycles. The van der Waals surface area contributed by atoms with E-state index in [0.29, 0.717) is 24.4 Å². The van der Waals surface area contributed by atoms with Crippen molar-refractivity contribution >= 4 is 16.9 Å². The van der Waals surface area contributed by atoms with Crippen molar-refractivity contribution in [3.63, 3.8) is 0 Å². The van der Waals surface area contributed by atoms with Gasteiger partial charge in [-0.2, -0.15) is 0 Å². The zero-order valence-electron chi connectivity index (χ0n) is 21.2. The molecule has 6 heteroatoms. The molecule has 4 nitrogen and oxygen atoms in total. The van der Waals surface area contributed by atoms with Crippen molar-refractivity contribution in [1.82, 2.24) is 9.47 Å². The summed E-state index contributed by atoms with van der Waals surface area (Å²) in [5, 5.41) is 1.13. The Bertz CT molecular complexity index is 1190. The number of likely N-dealkylation sites (tertiary alicyclic amines) is 1. The van der Waals surface area contributed by atoms with Crippen molar-refractivity contribution in [2.75, 3.05) is 26.2 Å². The molecular formula is C29H36F2N2O2. The highest BCUT2D eigenvalue weighted by molar-refractivity contribution is 5.89. The van der Waals surface area contributed by atoms with Crippen LogP contribution in [-0.2, 0) is 17.7 Å². The van der Waals surface area contributed by atoms with Crippen LogP contribution in [0.5, 0.6) is 0 Å². The Hall–Kier alpha value is -2.73. The third-order valence-corrected chi connectivity index (χ3v) is 7.04. The van der Waals surface area contributed by atoms with E-state index in [0.717, 1.165) is 54.6 Å². The number of aromatic nitrogens is 1. The van der Waals surface area contributed by atoms with Crippen molar-refractivity contribution in [1.29, 1.82) is 0 Å². The van der Waals surface area contributed by atoms with E-state index in [4.69, 9.17) is 4.74 Å². The van der Waals surface area contributed by atoms with Crippen molar-refractivity contribution < 1.29 is 18.3 Å². The van der Waals surface area contributed by atoms with Gasteiger partial charge in [-0.15, -0.1) is 0 Å². The van der Waals surface area contributed by atoms with E-state index in [1.54, 1.807) is 32.9 Å². The molecule has 1 fully saturated rings. The summed E-state index contributed by atoms with van der Waals surface area (Å²) in [5.41, 5.74) is 3.04. The van der Waals surface area contributed by atoms with Crippen molar-refractivity contribution in [2.45, 2.75) is 59.2 Å². The fourth-order valence-corrected chi connectivity index (χ4v) is 5.30. The second-order valence-corrected chi connectivity index (χ2v) is 10.3. The van der Waals surface area contributed by atoms with Crippen LogP contribution in [0.2, 0.25) is 0 Å². The number of halogens is 2. The lowest BCUT2D eigenvalue weighted by Crippen LogP contribution is -2.41. The molecule has 0 N–H and O–H groups in total. The molecule has 4 rings (SSSR count). The number of carbonyl (C=O) groups is 1. The van der Waals surface area contributed by atoms with E-state index >= 15 is 0 Å². The summed E-state index contributed by atoms with van der Waals surface area (Å²) in [6, 6.07) is 12.9. The second kappa shape index (κ2) is 10.5. The van der Waals surface area contributed by atoms with Gasteiger partial charge < -0.3 is 14.2 Å². The van der Waals surface area contributed by atoms with Gasteiger partial charge in [0.15, 0.2) is 0 Å². The molecule has 188 valence electrons. The van der Waals surface area contributed by atoms with Gasteiger partial charge in [0.05, 0.1) is 12.2 Å². The van der Waals surface area contributed by atoms with Gasteiger partial charge in [-0.1, -0.05) is 24.3 Å². The quantitative estimate of drug-likeness (QED) is 0.353. The van der Waals surface area contributed by atoms with Crippen LogP contribution in [0.15, 0.2) is 42.5 Å². The number of hydrogen-bond acceptors (Lipinski definition) is 3. The highest BCUT2D eigenvalue weighted by Gasteiger charge is 2.26. The normalized spacial score (nSPS) is 15.6. The average molecular weight is 483 g/mol. The minimum Gasteiger partial charge on any atom is -0.462 e. The molecule has 2 aromatic carbocycles. The molecule has 0 unspecified atom stereocenters. The van der Waals surface area contributed by atoms with Gasteiger partial charge in [0.25, 0.3) is 0 Å². The first-order valence-corrected chi connectivity index (χ1v) is 12.6. The Morgan fingerprint density at radius 1 is 1.14 bits per heavy atom. The molecule has 0 bridgehead atoms. The maximum atomic E-state index is 15.0. The number of ether oxygens (including phenoxy) is 1. The van der Waals surface area contributed by atoms with Crippen molar-refractivity contribution in [3.05, 3.63) is 70.7 Å². The van der Waals surface area contributed by atoms with Crippen LogP contribution in [0.3, 0.4) is 0 Å². The summed E-state index contributed by atoms with van der Waals surface area (Å²) in [6.07, 6.45) is 2.54. The molecule has 0 radical (unpaired) electrons. The Morgan fingerprint density at radius 2 is 1.86 bits per heavy atom. The highest BCUT2D eigenvalue weighted by atomic mass is 19.1. The highest BCUT2D eigenvalue weighted by Crippen LogP contribution is 2.31. The van der Waals surface area contributed by atoms with Crippen LogP contribution >= 0.6 is 0 Å². The smallest absolute Gasteiger partial charge is 0.338 e. The predicted octanol–water partition coefficient (Wildman–Crippen LogP) is 6.32. The van der Waals surface area contributed by atoms with Gasteiger partial charge in [-0.05, 0) is 88.9 Å². The van der Waals surface area contributed by atoms with Gasteiger partial charge in [-0.3, -0.25) is 0 Å². The second-order valence-electron chi connectivity index (χ2n) is 10.3. The first-order valence-electron chi connectivity index (χ1n) is 12.6. The third kappa shape index (κ3) is 5.92. The standard InChI is InChI=1S/C29H36F2N2O2/c1-5-35-28(34)23-11-10-22(26(30)17-23)16-25-20(2)33(27-9-7-6-8-24(25)27)18-21-12-14-32(15-13-21)19-29(3,4)31/h6-11,17,21H,5,12-16,18-19H2,1-4H3. The van der Waals surface area contributed by atoms with E-state index in [1.807, 2.05) is 12.1 Å². The molecule has 2 heterocycles. The van der Waals surface area contributed by atoms with Crippen LogP contribution in [-0.4, -0.2) is 47.3 Å². The van der Waals surface area contributed by atoms with Gasteiger partial charge >= 0.3 is 5.97 Å². The summed E-state index contributed by atoms with van der Waals surface area (Å²) in [7, 11) is 0. The summed E-state index contributed by atoms with van der Waals surface area (Å²) < 4.78 is 36.4. The van der Waals surface area contributed by atoms with Crippen LogP contribution in [0.4, 0.5) is 8.78 Å². The summed E-state index contributed by atoms with van der Waals surface area (Å²) in [6.45, 7) is 10.6. The SMILES string of the molecule is CCOC(=O)c1ccc(Cc2c(C)n(CC3CCN(CC(C)(C)F)CC3)c3ccccc23)c(F)c1. The minimum atomic E-state index is -1.17. The fourth-order valence-electron chi connectivity index (χ4n) is 5.30. The summed E-state index contributed by atoms with van der Waals surface area (Å²) >= 11 is 0. The fraction of sp³-hybridized carbons (Fsp3) is 0.483. The van der Waals surface area contributed by atoms with Crippen molar-refractivity contribution in [2.24, 2.45) is 5.92 Å². The number of fused-ring (bicyclic) bond motifs is 1. The van der Waals surface area contributed by atoms with Crippen LogP contribution < -0.4 is 0 Å². The topological polar surface area (TPSA) is 34.5 Å². The number of alkyl halides is 1. The van der Waals surface area contributed by atoms with Gasteiger partial charge in [0.2, 0.25) is 0 Å². The van der Waals surface area contributed by atoms with Crippen LogP contribution in [0, 0.1) is 18.7 Å². The molecule has 0 atom stereocenters. The van der Waals surface area contributed by atoms with Crippen LogP contribution in [0.25, 0.3) is 10.9 Å². The molecule has 1 aliphatic rings. The van der Waals surface area contributed by atoms with E-state index in [9.17, 15) is 13.6 Å². The largest absolute Gasteiger partial charge is 0.462 e. The summed E-state index contributed by atoms with van der Waals surface area (Å²) in [5.74, 6) is -0.376. The lowest BCUT2D eigenvalue weighted by Gasteiger charge is -2.34. The average Bonchev–Trinajstić information content (AvgIpc) is 3.06. The number of benzene rings is 2. The van der Waals surface area contributed by atoms with Crippen molar-refractivity contribution in [3.8, 4) is 0 Å². The van der Waals surface area contributed by atoms with E-state index in [-0.39, 0.29) is 12.2 Å². The van der Waals surface area contributed by atoms with E-state index in [1.165, 1.54) is 6.07 Å². The molecule has 0 spiro atoms. The monoisotopic (exact) mass is 482 g/mol. The number of esters is 1. The molecule has 0 saturated carbocycles. The molecule has 1 aromatic heterocycles. The first kappa shape index (κ1) is 25.4. The number of nitrogens with zero attached hydrogens (tertiary/aromatic N) is 2. The molecular weight excluding hydrogens is 446 g/mol. The Balaban J connectivity index is 1.55. The zero-order valence-corrected chi connectivity index (χ0v) is 21.2. The number of carbonyl (C=O) groups excluding carboxylic acids is 1. The molecule has 0 amide bonds. The number of piperidine rings is 1. The molecule has 1 saturated heterocycles. The van der Waals surface area contributed by atoms with Crippen LogP contribution in [0.1, 0.15) is 60.8 Å². The minimum absolute atomic E-state index is 0.231. The van der Waals surface area contributed by atoms with Gasteiger partial charge in [-0.25, -0.2) is 13.6 Å². The number of hydrogen-bond donors (Lipinski definition) is 0. The summed E-state index contributed by atoms with van der Waals surface area (Å²) in [4.78, 5) is 14.2. The molecule has 3 aromatic rings. The maximum absolute atomic E-state index is 15.0. The Kier molecular flexibility index (Phi) is 7.60. The first-order chi connectivity index (χ1) is 16.7.